The summed E-state index contributed by atoms with van der Waals surface area (Å²) < 4.78 is 16.5. The van der Waals surface area contributed by atoms with Crippen LogP contribution in [0.5, 0.6) is 11.5 Å². The molecule has 2 aromatic rings. The molecule has 0 bridgehead atoms. The molecule has 7 nitrogen and oxygen atoms in total. The van der Waals surface area contributed by atoms with E-state index >= 15 is 0 Å². The molecule has 1 aliphatic rings. The van der Waals surface area contributed by atoms with E-state index in [2.05, 4.69) is 5.32 Å². The number of rotatable bonds is 9. The molecule has 0 spiro atoms. The lowest BCUT2D eigenvalue weighted by Crippen LogP contribution is -2.46. The number of amides is 2. The number of benzene rings is 2. The highest BCUT2D eigenvalue weighted by atomic mass is 16.5. The largest absolute Gasteiger partial charge is 0.490 e. The first kappa shape index (κ1) is 23.4. The molecule has 7 heteroatoms. The molecule has 0 saturated carbocycles. The third kappa shape index (κ3) is 5.72. The van der Waals surface area contributed by atoms with Gasteiger partial charge in [0, 0.05) is 13.1 Å². The minimum absolute atomic E-state index is 0.0785. The fourth-order valence-corrected chi connectivity index (χ4v) is 4.01. The molecule has 32 heavy (non-hydrogen) atoms. The van der Waals surface area contributed by atoms with E-state index in [4.69, 9.17) is 14.2 Å². The minimum Gasteiger partial charge on any atom is -0.490 e. The van der Waals surface area contributed by atoms with Crippen LogP contribution in [-0.4, -0.2) is 50.3 Å². The molecule has 0 unspecified atom stereocenters. The normalized spacial score (nSPS) is 15.0. The molecule has 172 valence electrons. The second-order valence-corrected chi connectivity index (χ2v) is 7.57. The topological polar surface area (TPSA) is 77.1 Å². The van der Waals surface area contributed by atoms with Gasteiger partial charge in [0.05, 0.1) is 32.8 Å². The van der Waals surface area contributed by atoms with Gasteiger partial charge in [0.2, 0.25) is 0 Å². The molecule has 1 aliphatic heterocycles. The molecule has 0 aromatic heterocycles. The zero-order valence-electron chi connectivity index (χ0n) is 19.1. The summed E-state index contributed by atoms with van der Waals surface area (Å²) in [5.74, 6) is 0.941. The predicted octanol–water partition coefficient (Wildman–Crippen LogP) is 3.90. The number of nitrogens with zero attached hydrogens (tertiary/aromatic N) is 1. The lowest BCUT2D eigenvalue weighted by Gasteiger charge is -2.37. The van der Waals surface area contributed by atoms with Gasteiger partial charge in [-0.15, -0.1) is 0 Å². The average Bonchev–Trinajstić information content (AvgIpc) is 2.80. The Hall–Kier alpha value is -3.22. The summed E-state index contributed by atoms with van der Waals surface area (Å²) in [5, 5.41) is 3.00. The zero-order chi connectivity index (χ0) is 22.9. The fraction of sp³-hybridized carbons (Fsp3) is 0.440. The Labute approximate surface area is 189 Å². The molecular weight excluding hydrogens is 408 g/mol. The van der Waals surface area contributed by atoms with Crippen molar-refractivity contribution in [1.29, 1.82) is 0 Å². The third-order valence-electron chi connectivity index (χ3n) is 5.54. The lowest BCUT2D eigenvalue weighted by molar-refractivity contribution is -0.141. The molecule has 0 saturated heterocycles. The van der Waals surface area contributed by atoms with Gasteiger partial charge in [0.15, 0.2) is 11.5 Å². The molecule has 0 radical (unpaired) electrons. The summed E-state index contributed by atoms with van der Waals surface area (Å²) in [4.78, 5) is 27.0. The number of hydrogen-bond acceptors (Lipinski definition) is 5. The maximum atomic E-state index is 13.1. The first-order chi connectivity index (χ1) is 15.6. The molecule has 2 amide bonds. The number of esters is 1. The van der Waals surface area contributed by atoms with E-state index in [1.54, 1.807) is 4.90 Å². The molecule has 1 heterocycles. The van der Waals surface area contributed by atoms with Crippen LogP contribution in [0.1, 0.15) is 43.0 Å². The highest BCUT2D eigenvalue weighted by molar-refractivity contribution is 5.77. The molecule has 0 fully saturated rings. The van der Waals surface area contributed by atoms with Crippen LogP contribution in [-0.2, 0) is 22.4 Å². The van der Waals surface area contributed by atoms with Crippen molar-refractivity contribution in [2.45, 2.75) is 39.2 Å². The monoisotopic (exact) mass is 440 g/mol. The van der Waals surface area contributed by atoms with Crippen LogP contribution in [0, 0.1) is 0 Å². The van der Waals surface area contributed by atoms with Gasteiger partial charge in [-0.25, -0.2) is 4.79 Å². The van der Waals surface area contributed by atoms with E-state index < -0.39 is 6.04 Å². The summed E-state index contributed by atoms with van der Waals surface area (Å²) in [6.07, 6.45) is 1.49. The summed E-state index contributed by atoms with van der Waals surface area (Å²) in [7, 11) is 1.36. The standard InChI is InChI=1S/C25H32N2O5/c1-4-31-22-15-19-12-14-27(25(29)26-13-11-18-9-7-6-8-10-18)21(17-24(28)30-3)20(19)16-23(22)32-5-2/h6-10,15-16,21H,4-5,11-14,17H2,1-3H3,(H,26,29)/t21-/m0/s1. The predicted molar refractivity (Wildman–Crippen MR) is 122 cm³/mol. The van der Waals surface area contributed by atoms with Crippen LogP contribution in [0.25, 0.3) is 0 Å². The van der Waals surface area contributed by atoms with Crippen LogP contribution in [0.4, 0.5) is 4.79 Å². The Morgan fingerprint density at radius 3 is 2.41 bits per heavy atom. The van der Waals surface area contributed by atoms with Crippen molar-refractivity contribution in [1.82, 2.24) is 10.2 Å². The number of fused-ring (bicyclic) bond motifs is 1. The molecule has 3 rings (SSSR count). The van der Waals surface area contributed by atoms with Crippen molar-refractivity contribution in [2.75, 3.05) is 33.4 Å². The van der Waals surface area contributed by atoms with Gasteiger partial charge in [-0.05, 0) is 55.5 Å². The van der Waals surface area contributed by atoms with Crippen molar-refractivity contribution in [3.05, 3.63) is 59.2 Å². The Morgan fingerprint density at radius 1 is 1.06 bits per heavy atom. The first-order valence-electron chi connectivity index (χ1n) is 11.1. The Kier molecular flexibility index (Phi) is 8.36. The lowest BCUT2D eigenvalue weighted by atomic mass is 9.90. The van der Waals surface area contributed by atoms with Gasteiger partial charge < -0.3 is 24.4 Å². The smallest absolute Gasteiger partial charge is 0.317 e. The first-order valence-corrected chi connectivity index (χ1v) is 11.1. The van der Waals surface area contributed by atoms with E-state index in [9.17, 15) is 9.59 Å². The summed E-state index contributed by atoms with van der Waals surface area (Å²) in [6.45, 7) is 5.88. The van der Waals surface area contributed by atoms with Crippen molar-refractivity contribution >= 4 is 12.0 Å². The SMILES string of the molecule is CCOc1cc2c(cc1OCC)[C@H](CC(=O)OC)N(C(=O)NCCc1ccccc1)CC2. The van der Waals surface area contributed by atoms with E-state index in [1.807, 2.05) is 56.3 Å². The molecular formula is C25H32N2O5. The van der Waals surface area contributed by atoms with Crippen LogP contribution in [0.15, 0.2) is 42.5 Å². The number of urea groups is 1. The Bertz CT molecular complexity index is 916. The fourth-order valence-electron chi connectivity index (χ4n) is 4.01. The van der Waals surface area contributed by atoms with Crippen LogP contribution in [0.3, 0.4) is 0 Å². The number of hydrogen-bond donors (Lipinski definition) is 1. The van der Waals surface area contributed by atoms with Crippen LogP contribution in [0.2, 0.25) is 0 Å². The van der Waals surface area contributed by atoms with Crippen molar-refractivity contribution in [3.8, 4) is 11.5 Å². The zero-order valence-corrected chi connectivity index (χ0v) is 19.1. The number of nitrogens with one attached hydrogen (secondary N) is 1. The van der Waals surface area contributed by atoms with Gasteiger partial charge in [-0.3, -0.25) is 4.79 Å². The van der Waals surface area contributed by atoms with E-state index in [-0.39, 0.29) is 18.4 Å². The quantitative estimate of drug-likeness (QED) is 0.599. The van der Waals surface area contributed by atoms with Gasteiger partial charge in [0.25, 0.3) is 0 Å². The summed E-state index contributed by atoms with van der Waals surface area (Å²) >= 11 is 0. The minimum atomic E-state index is -0.433. The van der Waals surface area contributed by atoms with Crippen LogP contribution >= 0.6 is 0 Å². The van der Waals surface area contributed by atoms with Gasteiger partial charge in [0.1, 0.15) is 0 Å². The molecule has 1 N–H and O–H groups in total. The van der Waals surface area contributed by atoms with Crippen molar-refractivity contribution < 1.29 is 23.8 Å². The van der Waals surface area contributed by atoms with E-state index in [0.29, 0.717) is 44.2 Å². The highest BCUT2D eigenvalue weighted by Crippen LogP contribution is 2.40. The summed E-state index contributed by atoms with van der Waals surface area (Å²) in [5.41, 5.74) is 3.11. The number of carbonyl (C=O) groups is 2. The van der Waals surface area contributed by atoms with Crippen LogP contribution < -0.4 is 14.8 Å². The molecule has 2 aromatic carbocycles. The van der Waals surface area contributed by atoms with Crippen molar-refractivity contribution in [3.63, 3.8) is 0 Å². The number of methoxy groups -OCH3 is 1. The van der Waals surface area contributed by atoms with Gasteiger partial charge in [-0.1, -0.05) is 30.3 Å². The Morgan fingerprint density at radius 2 is 1.75 bits per heavy atom. The maximum absolute atomic E-state index is 13.1. The highest BCUT2D eigenvalue weighted by Gasteiger charge is 2.34. The third-order valence-corrected chi connectivity index (χ3v) is 5.54. The number of ether oxygens (including phenoxy) is 3. The average molecular weight is 441 g/mol. The molecule has 0 aliphatic carbocycles. The van der Waals surface area contributed by atoms with E-state index in [0.717, 1.165) is 23.1 Å². The number of carbonyl (C=O) groups excluding carboxylic acids is 2. The second kappa shape index (κ2) is 11.4. The van der Waals surface area contributed by atoms with Gasteiger partial charge >= 0.3 is 12.0 Å². The second-order valence-electron chi connectivity index (χ2n) is 7.57. The Balaban J connectivity index is 1.82. The maximum Gasteiger partial charge on any atom is 0.317 e. The van der Waals surface area contributed by atoms with E-state index in [1.165, 1.54) is 7.11 Å². The van der Waals surface area contributed by atoms with Gasteiger partial charge in [-0.2, -0.15) is 0 Å². The van der Waals surface area contributed by atoms with Crippen molar-refractivity contribution in [2.24, 2.45) is 0 Å². The summed E-state index contributed by atoms with van der Waals surface area (Å²) in [6, 6.07) is 13.3. The molecule has 1 atom stereocenters.